The van der Waals surface area contributed by atoms with Crippen LogP contribution in [0.25, 0.3) is 0 Å². The Morgan fingerprint density at radius 3 is 2.46 bits per heavy atom. The molecule has 2 aromatic carbocycles. The van der Waals surface area contributed by atoms with Gasteiger partial charge in [0.05, 0.1) is 19.2 Å². The van der Waals surface area contributed by atoms with Crippen molar-refractivity contribution in [3.8, 4) is 5.75 Å². The van der Waals surface area contributed by atoms with Gasteiger partial charge in [-0.1, -0.05) is 12.1 Å². The van der Waals surface area contributed by atoms with Gasteiger partial charge >= 0.3 is 0 Å². The number of benzene rings is 2. The van der Waals surface area contributed by atoms with Crippen molar-refractivity contribution in [3.05, 3.63) is 76.5 Å². The van der Waals surface area contributed by atoms with Crippen LogP contribution in [0.3, 0.4) is 0 Å². The van der Waals surface area contributed by atoms with Crippen molar-refractivity contribution in [2.24, 2.45) is 0 Å². The van der Waals surface area contributed by atoms with Gasteiger partial charge in [-0.25, -0.2) is 9.37 Å². The van der Waals surface area contributed by atoms with Crippen LogP contribution >= 0.6 is 11.3 Å². The predicted octanol–water partition coefficient (Wildman–Crippen LogP) is 3.39. The number of hydrogen-bond acceptors (Lipinski definition) is 6. The number of methoxy groups -OCH3 is 1. The van der Waals surface area contributed by atoms with Gasteiger partial charge in [-0.3, -0.25) is 14.4 Å². The van der Waals surface area contributed by atoms with Crippen LogP contribution in [0.2, 0.25) is 0 Å². The number of thiazole rings is 1. The molecule has 0 saturated heterocycles. The molecule has 8 nitrogen and oxygen atoms in total. The van der Waals surface area contributed by atoms with Gasteiger partial charge in [-0.2, -0.15) is 0 Å². The molecule has 3 aromatic rings. The van der Waals surface area contributed by atoms with Crippen molar-refractivity contribution < 1.29 is 23.5 Å². The zero-order valence-electron chi connectivity index (χ0n) is 19.1. The van der Waals surface area contributed by atoms with Gasteiger partial charge < -0.3 is 20.3 Å². The third-order valence-corrected chi connectivity index (χ3v) is 6.25. The molecular formula is C25H25FN4O4S. The summed E-state index contributed by atoms with van der Waals surface area (Å²) in [7, 11) is 1.56. The van der Waals surface area contributed by atoms with Crippen molar-refractivity contribution in [1.29, 1.82) is 0 Å². The molecule has 0 unspecified atom stereocenters. The molecule has 4 rings (SSSR count). The Bertz CT molecular complexity index is 1190. The van der Waals surface area contributed by atoms with Crippen LogP contribution in [0.1, 0.15) is 34.5 Å². The zero-order valence-corrected chi connectivity index (χ0v) is 19.9. The molecule has 10 heteroatoms. The second-order valence-electron chi connectivity index (χ2n) is 8.16. The summed E-state index contributed by atoms with van der Waals surface area (Å²) in [6.07, 6.45) is 1.78. The number of rotatable bonds is 10. The summed E-state index contributed by atoms with van der Waals surface area (Å²) in [5.74, 6) is -0.464. The summed E-state index contributed by atoms with van der Waals surface area (Å²) in [6, 6.07) is 12.7. The maximum atomic E-state index is 13.0. The summed E-state index contributed by atoms with van der Waals surface area (Å²) in [5.41, 5.74) is 1.80. The van der Waals surface area contributed by atoms with E-state index in [0.29, 0.717) is 22.1 Å². The minimum Gasteiger partial charge on any atom is -0.497 e. The third kappa shape index (κ3) is 6.86. The average Bonchev–Trinajstić information content (AvgIpc) is 3.62. The van der Waals surface area contributed by atoms with Crippen LogP contribution < -0.4 is 15.4 Å². The Hall–Kier alpha value is -3.79. The monoisotopic (exact) mass is 496 g/mol. The second-order valence-corrected chi connectivity index (χ2v) is 9.02. The summed E-state index contributed by atoms with van der Waals surface area (Å²) in [4.78, 5) is 43.7. The van der Waals surface area contributed by atoms with E-state index < -0.39 is 0 Å². The normalized spacial score (nSPS) is 12.6. The van der Waals surface area contributed by atoms with Gasteiger partial charge in [0.25, 0.3) is 5.91 Å². The van der Waals surface area contributed by atoms with Crippen molar-refractivity contribution in [1.82, 2.24) is 15.2 Å². The van der Waals surface area contributed by atoms with Crippen LogP contribution in [-0.4, -0.2) is 47.3 Å². The lowest BCUT2D eigenvalue weighted by atomic mass is 10.2. The number of halogens is 1. The lowest BCUT2D eigenvalue weighted by molar-refractivity contribution is -0.120. The van der Waals surface area contributed by atoms with E-state index in [2.05, 4.69) is 15.6 Å². The molecule has 0 bridgehead atoms. The Labute approximate surface area is 206 Å². The number of anilines is 1. The molecule has 1 aliphatic rings. The molecule has 2 N–H and O–H groups in total. The van der Waals surface area contributed by atoms with E-state index in [1.807, 2.05) is 0 Å². The van der Waals surface area contributed by atoms with Crippen LogP contribution in [0.4, 0.5) is 9.52 Å². The van der Waals surface area contributed by atoms with E-state index in [4.69, 9.17) is 4.74 Å². The topological polar surface area (TPSA) is 101 Å². The molecule has 1 aromatic heterocycles. The molecule has 0 aliphatic heterocycles. The molecule has 35 heavy (non-hydrogen) atoms. The van der Waals surface area contributed by atoms with Crippen LogP contribution in [0.5, 0.6) is 5.75 Å². The summed E-state index contributed by atoms with van der Waals surface area (Å²) in [6.45, 7) is 0.203. The highest BCUT2D eigenvalue weighted by Gasteiger charge is 2.34. The summed E-state index contributed by atoms with van der Waals surface area (Å²) < 4.78 is 18.1. The standard InChI is InChI=1S/C25H25FN4O4S/c1-34-21-10-4-17(5-11-21)24(33)30(20-8-9-20)14-23(32)29-25-28-19(15-35-25)12-22(31)27-13-16-2-6-18(26)7-3-16/h2-7,10-11,15,20H,8-9,12-14H2,1H3,(H,27,31)(H,28,29,32). The first-order valence-corrected chi connectivity index (χ1v) is 12.0. The molecule has 3 amide bonds. The molecule has 1 fully saturated rings. The first-order chi connectivity index (χ1) is 16.9. The summed E-state index contributed by atoms with van der Waals surface area (Å²) in [5, 5.41) is 7.55. The predicted molar refractivity (Wildman–Crippen MR) is 130 cm³/mol. The quantitative estimate of drug-likeness (QED) is 0.448. The fourth-order valence-corrected chi connectivity index (χ4v) is 4.17. The van der Waals surface area contributed by atoms with Gasteiger partial charge in [0.1, 0.15) is 18.1 Å². The highest BCUT2D eigenvalue weighted by atomic mass is 32.1. The molecule has 0 radical (unpaired) electrons. The van der Waals surface area contributed by atoms with Crippen molar-refractivity contribution in [3.63, 3.8) is 0 Å². The number of nitrogens with one attached hydrogen (secondary N) is 2. The minimum absolute atomic E-state index is 0.0482. The van der Waals surface area contributed by atoms with E-state index in [9.17, 15) is 18.8 Å². The first-order valence-electron chi connectivity index (χ1n) is 11.1. The number of hydrogen-bond donors (Lipinski definition) is 2. The summed E-state index contributed by atoms with van der Waals surface area (Å²) >= 11 is 1.21. The number of carbonyl (C=O) groups is 3. The molecule has 0 atom stereocenters. The first kappa shape index (κ1) is 24.3. The maximum Gasteiger partial charge on any atom is 0.254 e. The SMILES string of the molecule is COc1ccc(C(=O)N(CC(=O)Nc2nc(CC(=O)NCc3ccc(F)cc3)cs2)C2CC2)cc1. The lowest BCUT2D eigenvalue weighted by Gasteiger charge is -2.21. The Morgan fingerprint density at radius 1 is 1.09 bits per heavy atom. The highest BCUT2D eigenvalue weighted by Crippen LogP contribution is 2.28. The second kappa shape index (κ2) is 11.1. The smallest absolute Gasteiger partial charge is 0.254 e. The van der Waals surface area contributed by atoms with Gasteiger partial charge in [-0.05, 0) is 54.8 Å². The molecular weight excluding hydrogens is 471 g/mol. The van der Waals surface area contributed by atoms with E-state index >= 15 is 0 Å². The van der Waals surface area contributed by atoms with Crippen LogP contribution in [0.15, 0.2) is 53.9 Å². The van der Waals surface area contributed by atoms with Gasteiger partial charge in [0, 0.05) is 23.5 Å². The maximum absolute atomic E-state index is 13.0. The molecule has 1 heterocycles. The van der Waals surface area contributed by atoms with E-state index in [1.54, 1.807) is 53.8 Å². The fourth-order valence-electron chi connectivity index (χ4n) is 3.44. The Morgan fingerprint density at radius 2 is 1.80 bits per heavy atom. The van der Waals surface area contributed by atoms with Gasteiger partial charge in [0.15, 0.2) is 5.13 Å². The van der Waals surface area contributed by atoms with Crippen LogP contribution in [0, 0.1) is 5.82 Å². The molecule has 1 saturated carbocycles. The number of ether oxygens (including phenoxy) is 1. The number of nitrogens with zero attached hydrogens (tertiary/aromatic N) is 2. The number of carbonyl (C=O) groups excluding carboxylic acids is 3. The van der Waals surface area contributed by atoms with E-state index in [1.165, 1.54) is 23.5 Å². The Balaban J connectivity index is 1.28. The average molecular weight is 497 g/mol. The highest BCUT2D eigenvalue weighted by molar-refractivity contribution is 7.13. The largest absolute Gasteiger partial charge is 0.497 e. The van der Waals surface area contributed by atoms with Gasteiger partial charge in [0.2, 0.25) is 11.8 Å². The molecule has 0 spiro atoms. The van der Waals surface area contributed by atoms with Crippen molar-refractivity contribution in [2.45, 2.75) is 31.8 Å². The fraction of sp³-hybridized carbons (Fsp3) is 0.280. The number of amides is 3. The van der Waals surface area contributed by atoms with Crippen molar-refractivity contribution >= 4 is 34.2 Å². The third-order valence-electron chi connectivity index (χ3n) is 5.44. The molecule has 1 aliphatic carbocycles. The Kier molecular flexibility index (Phi) is 7.71. The van der Waals surface area contributed by atoms with E-state index in [-0.39, 0.29) is 49.1 Å². The lowest BCUT2D eigenvalue weighted by Crippen LogP contribution is -2.39. The minimum atomic E-state index is -0.347. The zero-order chi connectivity index (χ0) is 24.8. The van der Waals surface area contributed by atoms with E-state index in [0.717, 1.165) is 18.4 Å². The molecule has 182 valence electrons. The van der Waals surface area contributed by atoms with Crippen molar-refractivity contribution in [2.75, 3.05) is 19.0 Å². The van der Waals surface area contributed by atoms with Gasteiger partial charge in [-0.15, -0.1) is 11.3 Å². The van der Waals surface area contributed by atoms with Crippen LogP contribution in [-0.2, 0) is 22.6 Å². The number of aromatic nitrogens is 1.